The predicted molar refractivity (Wildman–Crippen MR) is 126 cm³/mol. The molecule has 1 heterocycles. The Morgan fingerprint density at radius 3 is 2.38 bits per heavy atom. The Morgan fingerprint density at radius 1 is 1.00 bits per heavy atom. The van der Waals surface area contributed by atoms with E-state index in [2.05, 4.69) is 36.4 Å². The topological polar surface area (TPSA) is 80.3 Å². The van der Waals surface area contributed by atoms with Crippen molar-refractivity contribution in [2.45, 2.75) is 45.8 Å². The summed E-state index contributed by atoms with van der Waals surface area (Å²) in [4.78, 5) is 29.4. The molecule has 2 aromatic carbocycles. The second-order valence-electron chi connectivity index (χ2n) is 8.61. The first-order chi connectivity index (χ1) is 15.2. The number of carbonyl (C=O) groups excluding carboxylic acids is 2. The highest BCUT2D eigenvalue weighted by molar-refractivity contribution is 6.04. The third kappa shape index (κ3) is 6.17. The van der Waals surface area contributed by atoms with Crippen LogP contribution in [0.25, 0.3) is 0 Å². The van der Waals surface area contributed by atoms with E-state index < -0.39 is 6.10 Å². The average molecular weight is 432 g/mol. The van der Waals surface area contributed by atoms with Gasteiger partial charge < -0.3 is 15.4 Å². The van der Waals surface area contributed by atoms with Crippen molar-refractivity contribution in [1.29, 1.82) is 0 Å². The van der Waals surface area contributed by atoms with Crippen molar-refractivity contribution in [3.63, 3.8) is 0 Å². The van der Waals surface area contributed by atoms with Gasteiger partial charge in [-0.05, 0) is 53.8 Å². The van der Waals surface area contributed by atoms with Crippen molar-refractivity contribution >= 4 is 17.5 Å². The van der Waals surface area contributed by atoms with E-state index >= 15 is 0 Å². The highest BCUT2D eigenvalue weighted by Crippen LogP contribution is 2.25. The molecule has 2 amide bonds. The Bertz CT molecular complexity index is 1060. The molecule has 0 aliphatic rings. The highest BCUT2D eigenvalue weighted by Gasteiger charge is 2.19. The summed E-state index contributed by atoms with van der Waals surface area (Å²) >= 11 is 0. The zero-order valence-corrected chi connectivity index (χ0v) is 18.9. The molecule has 1 unspecified atom stereocenters. The van der Waals surface area contributed by atoms with E-state index in [0.29, 0.717) is 23.5 Å². The second kappa shape index (κ2) is 10.1. The second-order valence-corrected chi connectivity index (χ2v) is 8.61. The molecule has 0 aliphatic carbocycles. The number of para-hydroxylation sites is 1. The van der Waals surface area contributed by atoms with E-state index in [0.717, 1.165) is 5.56 Å². The lowest BCUT2D eigenvalue weighted by Crippen LogP contribution is -2.31. The van der Waals surface area contributed by atoms with Crippen LogP contribution in [0.2, 0.25) is 0 Å². The lowest BCUT2D eigenvalue weighted by atomic mass is 9.87. The van der Waals surface area contributed by atoms with Crippen molar-refractivity contribution in [3.8, 4) is 5.75 Å². The van der Waals surface area contributed by atoms with Crippen LogP contribution in [0.4, 0.5) is 5.69 Å². The summed E-state index contributed by atoms with van der Waals surface area (Å²) in [6, 6.07) is 18.3. The molecule has 3 aromatic rings. The Hall–Kier alpha value is -3.67. The van der Waals surface area contributed by atoms with Gasteiger partial charge in [0.2, 0.25) is 0 Å². The molecule has 0 radical (unpaired) electrons. The lowest BCUT2D eigenvalue weighted by Gasteiger charge is -2.20. The van der Waals surface area contributed by atoms with Gasteiger partial charge in [-0.3, -0.25) is 14.6 Å². The molecule has 1 aromatic heterocycles. The van der Waals surface area contributed by atoms with Crippen LogP contribution in [0.15, 0.2) is 73.1 Å². The molecule has 0 aliphatic heterocycles. The number of nitrogens with zero attached hydrogens (tertiary/aromatic N) is 1. The summed E-state index contributed by atoms with van der Waals surface area (Å²) < 4.78 is 5.80. The highest BCUT2D eigenvalue weighted by atomic mass is 16.5. The number of anilines is 1. The molecule has 6 nitrogen and oxygen atoms in total. The number of aromatic nitrogens is 1. The molecule has 1 atom stereocenters. The Kier molecular flexibility index (Phi) is 7.25. The summed E-state index contributed by atoms with van der Waals surface area (Å²) in [5.74, 6) is -0.00310. The van der Waals surface area contributed by atoms with Crippen molar-refractivity contribution in [3.05, 3.63) is 89.7 Å². The molecule has 0 spiro atoms. The monoisotopic (exact) mass is 431 g/mol. The van der Waals surface area contributed by atoms with Crippen LogP contribution in [0.3, 0.4) is 0 Å². The third-order valence-corrected chi connectivity index (χ3v) is 5.01. The van der Waals surface area contributed by atoms with Gasteiger partial charge in [0.25, 0.3) is 11.8 Å². The maximum atomic E-state index is 12.7. The maximum Gasteiger partial charge on any atom is 0.265 e. The minimum atomic E-state index is -0.734. The molecule has 2 N–H and O–H groups in total. The number of benzene rings is 2. The number of amides is 2. The Morgan fingerprint density at radius 2 is 1.72 bits per heavy atom. The number of carbonyl (C=O) groups is 2. The molecule has 0 saturated carbocycles. The zero-order chi connectivity index (χ0) is 23.1. The fourth-order valence-electron chi connectivity index (χ4n) is 3.10. The number of hydrogen-bond acceptors (Lipinski definition) is 4. The van der Waals surface area contributed by atoms with Crippen LogP contribution < -0.4 is 15.4 Å². The first-order valence-electron chi connectivity index (χ1n) is 10.6. The van der Waals surface area contributed by atoms with E-state index in [1.165, 1.54) is 5.56 Å². The standard InChI is InChI=1S/C26H29N3O3/c1-18(32-21-13-11-20(12-14-21)26(2,3)4)24(30)29-23-10-6-5-9-22(23)25(31)28-17-19-8-7-15-27-16-19/h5-16,18H,17H2,1-4H3,(H,28,31)(H,29,30). The number of ether oxygens (including phenoxy) is 1. The van der Waals surface area contributed by atoms with E-state index in [9.17, 15) is 9.59 Å². The molecular formula is C26H29N3O3. The van der Waals surface area contributed by atoms with Gasteiger partial charge in [0.15, 0.2) is 6.10 Å². The van der Waals surface area contributed by atoms with E-state index in [1.807, 2.05) is 36.4 Å². The van der Waals surface area contributed by atoms with Gasteiger partial charge in [0.1, 0.15) is 5.75 Å². The summed E-state index contributed by atoms with van der Waals surface area (Å²) in [7, 11) is 0. The van der Waals surface area contributed by atoms with E-state index in [4.69, 9.17) is 4.74 Å². The zero-order valence-electron chi connectivity index (χ0n) is 18.9. The summed E-state index contributed by atoms with van der Waals surface area (Å²) in [6.45, 7) is 8.45. The van der Waals surface area contributed by atoms with Crippen LogP contribution in [-0.2, 0) is 16.8 Å². The molecule has 0 saturated heterocycles. The van der Waals surface area contributed by atoms with Gasteiger partial charge in [-0.25, -0.2) is 0 Å². The first kappa shape index (κ1) is 23.0. The van der Waals surface area contributed by atoms with Crippen LogP contribution in [0.5, 0.6) is 5.75 Å². The van der Waals surface area contributed by atoms with Crippen molar-refractivity contribution in [1.82, 2.24) is 10.3 Å². The van der Waals surface area contributed by atoms with E-state index in [1.54, 1.807) is 43.6 Å². The number of nitrogens with one attached hydrogen (secondary N) is 2. The van der Waals surface area contributed by atoms with E-state index in [-0.39, 0.29) is 17.2 Å². The predicted octanol–water partition coefficient (Wildman–Crippen LogP) is 4.72. The average Bonchev–Trinajstić information content (AvgIpc) is 2.78. The molecule has 6 heteroatoms. The SMILES string of the molecule is CC(Oc1ccc(C(C)(C)C)cc1)C(=O)Nc1ccccc1C(=O)NCc1cccnc1. The fraction of sp³-hybridized carbons (Fsp3) is 0.269. The molecule has 3 rings (SSSR count). The van der Waals surface area contributed by atoms with Crippen LogP contribution in [0, 0.1) is 0 Å². The van der Waals surface area contributed by atoms with Crippen LogP contribution >= 0.6 is 0 Å². The molecule has 32 heavy (non-hydrogen) atoms. The number of rotatable bonds is 7. The first-order valence-corrected chi connectivity index (χ1v) is 10.6. The van der Waals surface area contributed by atoms with Crippen LogP contribution in [-0.4, -0.2) is 22.9 Å². The molecule has 0 fully saturated rings. The van der Waals surface area contributed by atoms with Crippen molar-refractivity contribution < 1.29 is 14.3 Å². The molecule has 166 valence electrons. The third-order valence-electron chi connectivity index (χ3n) is 5.01. The number of pyridine rings is 1. The quantitative estimate of drug-likeness (QED) is 0.567. The van der Waals surface area contributed by atoms with Crippen LogP contribution in [0.1, 0.15) is 49.2 Å². The molecular weight excluding hydrogens is 402 g/mol. The van der Waals surface area contributed by atoms with Crippen molar-refractivity contribution in [2.24, 2.45) is 0 Å². The summed E-state index contributed by atoms with van der Waals surface area (Å²) in [5.41, 5.74) is 2.93. The van der Waals surface area contributed by atoms with Gasteiger partial charge >= 0.3 is 0 Å². The van der Waals surface area contributed by atoms with Gasteiger partial charge in [0.05, 0.1) is 11.3 Å². The molecule has 0 bridgehead atoms. The smallest absolute Gasteiger partial charge is 0.265 e. The summed E-state index contributed by atoms with van der Waals surface area (Å²) in [6.07, 6.45) is 2.64. The van der Waals surface area contributed by atoms with Crippen molar-refractivity contribution in [2.75, 3.05) is 5.32 Å². The minimum absolute atomic E-state index is 0.0445. The number of hydrogen-bond donors (Lipinski definition) is 2. The van der Waals surface area contributed by atoms with Gasteiger partial charge in [0, 0.05) is 18.9 Å². The Labute approximate surface area is 189 Å². The largest absolute Gasteiger partial charge is 0.481 e. The minimum Gasteiger partial charge on any atom is -0.481 e. The van der Waals surface area contributed by atoms with Gasteiger partial charge in [-0.2, -0.15) is 0 Å². The lowest BCUT2D eigenvalue weighted by molar-refractivity contribution is -0.122. The van der Waals surface area contributed by atoms with Gasteiger partial charge in [-0.1, -0.05) is 51.1 Å². The van der Waals surface area contributed by atoms with Gasteiger partial charge in [-0.15, -0.1) is 0 Å². The normalized spacial score (nSPS) is 12.0. The maximum absolute atomic E-state index is 12.7. The Balaban J connectivity index is 1.62. The fourth-order valence-corrected chi connectivity index (χ4v) is 3.10. The summed E-state index contributed by atoms with van der Waals surface area (Å²) in [5, 5.41) is 5.66.